The SMILES string of the molecule is Cc1cnc2c([N+](=O)[O-])cnn2c1. The highest BCUT2D eigenvalue weighted by molar-refractivity contribution is 5.57. The van der Waals surface area contributed by atoms with Crippen molar-refractivity contribution in [2.45, 2.75) is 6.92 Å². The first-order valence-corrected chi connectivity index (χ1v) is 3.63. The maximum atomic E-state index is 10.5. The molecule has 6 nitrogen and oxygen atoms in total. The van der Waals surface area contributed by atoms with Crippen molar-refractivity contribution in [1.82, 2.24) is 14.6 Å². The highest BCUT2D eigenvalue weighted by atomic mass is 16.6. The zero-order valence-electron chi connectivity index (χ0n) is 6.84. The van der Waals surface area contributed by atoms with Gasteiger partial charge >= 0.3 is 5.69 Å². The maximum absolute atomic E-state index is 10.5. The van der Waals surface area contributed by atoms with Crippen molar-refractivity contribution in [2.75, 3.05) is 0 Å². The summed E-state index contributed by atoms with van der Waals surface area (Å²) in [4.78, 5) is 13.9. The second-order valence-electron chi connectivity index (χ2n) is 2.69. The summed E-state index contributed by atoms with van der Waals surface area (Å²) in [5, 5.41) is 14.3. The summed E-state index contributed by atoms with van der Waals surface area (Å²) in [7, 11) is 0. The van der Waals surface area contributed by atoms with Gasteiger partial charge in [-0.3, -0.25) is 10.1 Å². The van der Waals surface area contributed by atoms with Crippen LogP contribution in [0.25, 0.3) is 5.65 Å². The fourth-order valence-electron chi connectivity index (χ4n) is 1.08. The molecule has 0 saturated heterocycles. The minimum atomic E-state index is -0.495. The van der Waals surface area contributed by atoms with Crippen LogP contribution in [0.4, 0.5) is 5.69 Å². The van der Waals surface area contributed by atoms with Crippen LogP contribution in [0.1, 0.15) is 5.56 Å². The topological polar surface area (TPSA) is 73.3 Å². The van der Waals surface area contributed by atoms with Gasteiger partial charge in [0, 0.05) is 12.4 Å². The number of nitro groups is 1. The van der Waals surface area contributed by atoms with Crippen LogP contribution < -0.4 is 0 Å². The van der Waals surface area contributed by atoms with Gasteiger partial charge in [-0.2, -0.15) is 5.10 Å². The molecule has 13 heavy (non-hydrogen) atoms. The molecule has 2 rings (SSSR count). The molecule has 66 valence electrons. The molecule has 0 radical (unpaired) electrons. The van der Waals surface area contributed by atoms with E-state index in [1.807, 2.05) is 6.92 Å². The number of fused-ring (bicyclic) bond motifs is 1. The Bertz CT molecular complexity index is 476. The first-order chi connectivity index (χ1) is 6.18. The van der Waals surface area contributed by atoms with Crippen molar-refractivity contribution < 1.29 is 4.92 Å². The van der Waals surface area contributed by atoms with Crippen molar-refractivity contribution in [1.29, 1.82) is 0 Å². The molecule has 0 amide bonds. The number of nitrogens with zero attached hydrogens (tertiary/aromatic N) is 4. The highest BCUT2D eigenvalue weighted by Crippen LogP contribution is 2.16. The molecule has 0 aromatic carbocycles. The second-order valence-corrected chi connectivity index (χ2v) is 2.69. The molecule has 0 aliphatic carbocycles. The molecule has 0 bridgehead atoms. The summed E-state index contributed by atoms with van der Waals surface area (Å²) in [6.45, 7) is 1.85. The van der Waals surface area contributed by atoms with Crippen molar-refractivity contribution >= 4 is 11.3 Å². The Morgan fingerprint density at radius 3 is 3.00 bits per heavy atom. The summed E-state index contributed by atoms with van der Waals surface area (Å²) >= 11 is 0. The third-order valence-corrected chi connectivity index (χ3v) is 1.66. The Hall–Kier alpha value is -1.98. The van der Waals surface area contributed by atoms with Gasteiger partial charge in [0.15, 0.2) is 0 Å². The summed E-state index contributed by atoms with van der Waals surface area (Å²) < 4.78 is 1.40. The van der Waals surface area contributed by atoms with Crippen LogP contribution >= 0.6 is 0 Å². The van der Waals surface area contributed by atoms with Crippen LogP contribution in [-0.4, -0.2) is 19.5 Å². The Morgan fingerprint density at radius 2 is 2.31 bits per heavy atom. The maximum Gasteiger partial charge on any atom is 0.333 e. The highest BCUT2D eigenvalue weighted by Gasteiger charge is 2.15. The Balaban J connectivity index is 2.76. The molecule has 2 aromatic rings. The average molecular weight is 178 g/mol. The van der Waals surface area contributed by atoms with Gasteiger partial charge in [-0.15, -0.1) is 0 Å². The monoisotopic (exact) mass is 178 g/mol. The molecular formula is C7H6N4O2. The number of hydrogen-bond donors (Lipinski definition) is 0. The van der Waals surface area contributed by atoms with Gasteiger partial charge in [0.1, 0.15) is 6.20 Å². The zero-order valence-corrected chi connectivity index (χ0v) is 6.84. The number of aromatic nitrogens is 3. The molecule has 0 spiro atoms. The Kier molecular flexibility index (Phi) is 1.48. The minimum absolute atomic E-state index is 0.0694. The van der Waals surface area contributed by atoms with Crippen LogP contribution in [-0.2, 0) is 0 Å². The van der Waals surface area contributed by atoms with Gasteiger partial charge in [-0.1, -0.05) is 0 Å². The van der Waals surface area contributed by atoms with Crippen LogP contribution in [0.5, 0.6) is 0 Å². The number of aryl methyl sites for hydroxylation is 1. The standard InChI is InChI=1S/C7H6N4O2/c1-5-2-8-7-6(11(12)13)3-9-10(7)4-5/h2-4H,1H3. The molecule has 2 aromatic heterocycles. The lowest BCUT2D eigenvalue weighted by Crippen LogP contribution is -1.92. The molecule has 0 fully saturated rings. The normalized spacial score (nSPS) is 10.5. The van der Waals surface area contributed by atoms with E-state index >= 15 is 0 Å². The van der Waals surface area contributed by atoms with E-state index in [0.29, 0.717) is 0 Å². The van der Waals surface area contributed by atoms with Crippen LogP contribution in [0.2, 0.25) is 0 Å². The molecular weight excluding hydrogens is 172 g/mol. The third kappa shape index (κ3) is 1.12. The molecule has 0 N–H and O–H groups in total. The Morgan fingerprint density at radius 1 is 1.54 bits per heavy atom. The summed E-state index contributed by atoms with van der Waals surface area (Å²) in [6, 6.07) is 0. The summed E-state index contributed by atoms with van der Waals surface area (Å²) in [5.74, 6) is 0. The van der Waals surface area contributed by atoms with E-state index in [0.717, 1.165) is 5.56 Å². The van der Waals surface area contributed by atoms with Gasteiger partial charge in [-0.05, 0) is 12.5 Å². The van der Waals surface area contributed by atoms with E-state index in [9.17, 15) is 10.1 Å². The molecule has 0 unspecified atom stereocenters. The van der Waals surface area contributed by atoms with E-state index in [4.69, 9.17) is 0 Å². The van der Waals surface area contributed by atoms with Crippen molar-refractivity contribution in [3.63, 3.8) is 0 Å². The lowest BCUT2D eigenvalue weighted by molar-refractivity contribution is -0.383. The first kappa shape index (κ1) is 7.66. The Labute approximate surface area is 73.0 Å². The van der Waals surface area contributed by atoms with E-state index in [1.165, 1.54) is 10.7 Å². The second kappa shape index (κ2) is 2.51. The zero-order chi connectivity index (χ0) is 9.42. The molecule has 0 aliphatic rings. The third-order valence-electron chi connectivity index (χ3n) is 1.66. The molecule has 0 atom stereocenters. The van der Waals surface area contributed by atoms with E-state index in [-0.39, 0.29) is 11.3 Å². The van der Waals surface area contributed by atoms with Gasteiger partial charge in [0.25, 0.3) is 0 Å². The van der Waals surface area contributed by atoms with Gasteiger partial charge in [0.05, 0.1) is 4.92 Å². The molecule has 0 aliphatic heterocycles. The smallest absolute Gasteiger partial charge is 0.258 e. The first-order valence-electron chi connectivity index (χ1n) is 3.63. The number of hydrogen-bond acceptors (Lipinski definition) is 4. The van der Waals surface area contributed by atoms with Crippen LogP contribution in [0.15, 0.2) is 18.6 Å². The summed E-state index contributed by atoms with van der Waals surface area (Å²) in [6.07, 6.45) is 4.46. The molecule has 0 saturated carbocycles. The van der Waals surface area contributed by atoms with E-state index in [1.54, 1.807) is 12.4 Å². The predicted molar refractivity (Wildman–Crippen MR) is 44.4 cm³/mol. The van der Waals surface area contributed by atoms with E-state index < -0.39 is 4.92 Å². The lowest BCUT2D eigenvalue weighted by Gasteiger charge is -1.92. The fraction of sp³-hybridized carbons (Fsp3) is 0.143. The summed E-state index contributed by atoms with van der Waals surface area (Å²) in [5.41, 5.74) is 1.11. The average Bonchev–Trinajstić information content (AvgIpc) is 2.46. The minimum Gasteiger partial charge on any atom is -0.258 e. The van der Waals surface area contributed by atoms with Crippen LogP contribution in [0, 0.1) is 17.0 Å². The van der Waals surface area contributed by atoms with Crippen LogP contribution in [0.3, 0.4) is 0 Å². The van der Waals surface area contributed by atoms with Crippen molar-refractivity contribution in [3.05, 3.63) is 34.3 Å². The lowest BCUT2D eigenvalue weighted by atomic mass is 10.4. The number of rotatable bonds is 1. The predicted octanol–water partition coefficient (Wildman–Crippen LogP) is 0.946. The molecule has 6 heteroatoms. The quantitative estimate of drug-likeness (QED) is 0.481. The van der Waals surface area contributed by atoms with Gasteiger partial charge in [0.2, 0.25) is 5.65 Å². The van der Waals surface area contributed by atoms with Gasteiger partial charge < -0.3 is 0 Å². The van der Waals surface area contributed by atoms with E-state index in [2.05, 4.69) is 10.1 Å². The largest absolute Gasteiger partial charge is 0.333 e. The fourth-order valence-corrected chi connectivity index (χ4v) is 1.08. The molecule has 2 heterocycles. The van der Waals surface area contributed by atoms with Crippen molar-refractivity contribution in [3.8, 4) is 0 Å². The van der Waals surface area contributed by atoms with Crippen molar-refractivity contribution in [2.24, 2.45) is 0 Å². The van der Waals surface area contributed by atoms with Gasteiger partial charge in [-0.25, -0.2) is 9.50 Å².